The summed E-state index contributed by atoms with van der Waals surface area (Å²) >= 11 is 0. The molecule has 0 bridgehead atoms. The molecule has 10 rings (SSSR count). The van der Waals surface area contributed by atoms with Gasteiger partial charge >= 0.3 is 0 Å². The molecule has 0 amide bonds. The predicted octanol–water partition coefficient (Wildman–Crippen LogP) is 12.3. The van der Waals surface area contributed by atoms with E-state index in [9.17, 15) is 5.26 Å². The molecule has 1 atom stereocenters. The Hall–Kier alpha value is -6.63. The normalized spacial score (nSPS) is 15.1. The van der Waals surface area contributed by atoms with Crippen molar-refractivity contribution >= 4 is 71.9 Å². The molecular weight excluding hydrogens is 607 g/mol. The second kappa shape index (κ2) is 11.2. The molecule has 1 aliphatic carbocycles. The van der Waals surface area contributed by atoms with Crippen LogP contribution in [0.1, 0.15) is 23.1 Å². The second-order valence-corrected chi connectivity index (χ2v) is 13.2. The van der Waals surface area contributed by atoms with E-state index in [2.05, 4.69) is 155 Å². The van der Waals surface area contributed by atoms with E-state index in [-0.39, 0.29) is 6.04 Å². The highest BCUT2D eigenvalue weighted by Gasteiger charge is 2.36. The van der Waals surface area contributed by atoms with Crippen LogP contribution >= 0.6 is 0 Å². The van der Waals surface area contributed by atoms with Gasteiger partial charge in [0.25, 0.3) is 0 Å². The van der Waals surface area contributed by atoms with Crippen molar-refractivity contribution in [3.63, 3.8) is 0 Å². The first kappa shape index (κ1) is 28.4. The molecule has 1 unspecified atom stereocenters. The average Bonchev–Trinajstić information content (AvgIpc) is 3.52. The number of nitrogens with zero attached hydrogens (tertiary/aromatic N) is 3. The minimum atomic E-state index is 0.270. The zero-order chi connectivity index (χ0) is 33.2. The molecule has 1 heterocycles. The first-order valence-corrected chi connectivity index (χ1v) is 17.2. The van der Waals surface area contributed by atoms with Crippen molar-refractivity contribution in [1.82, 2.24) is 0 Å². The highest BCUT2D eigenvalue weighted by molar-refractivity contribution is 6.27. The van der Waals surface area contributed by atoms with Gasteiger partial charge in [-0.1, -0.05) is 103 Å². The van der Waals surface area contributed by atoms with Crippen molar-refractivity contribution in [3.8, 4) is 6.07 Å². The number of hydrogen-bond donors (Lipinski definition) is 0. The minimum absolute atomic E-state index is 0.270. The molecule has 0 saturated heterocycles. The van der Waals surface area contributed by atoms with Crippen molar-refractivity contribution in [3.05, 3.63) is 187 Å². The molecule has 50 heavy (non-hydrogen) atoms. The Morgan fingerprint density at radius 1 is 0.580 bits per heavy atom. The number of nitriles is 1. The van der Waals surface area contributed by atoms with Gasteiger partial charge in [-0.25, -0.2) is 0 Å². The third-order valence-corrected chi connectivity index (χ3v) is 10.5. The largest absolute Gasteiger partial charge is 0.333 e. The van der Waals surface area contributed by atoms with Gasteiger partial charge in [-0.2, -0.15) is 5.26 Å². The van der Waals surface area contributed by atoms with Gasteiger partial charge in [0, 0.05) is 33.7 Å². The van der Waals surface area contributed by atoms with Crippen molar-refractivity contribution in [1.29, 1.82) is 5.26 Å². The van der Waals surface area contributed by atoms with Crippen LogP contribution in [0.3, 0.4) is 0 Å². The maximum absolute atomic E-state index is 9.49. The number of allylic oxidation sites excluding steroid dienone is 2. The van der Waals surface area contributed by atoms with E-state index in [1.54, 1.807) is 0 Å². The van der Waals surface area contributed by atoms with Crippen LogP contribution in [0.4, 0.5) is 28.4 Å². The maximum Gasteiger partial charge on any atom is 0.0991 e. The summed E-state index contributed by atoms with van der Waals surface area (Å²) in [5.41, 5.74) is 11.6. The Bertz CT molecular complexity index is 2680. The summed E-state index contributed by atoms with van der Waals surface area (Å²) in [5, 5.41) is 17.0. The van der Waals surface area contributed by atoms with Crippen LogP contribution in [0, 0.1) is 11.3 Å². The Labute approximate surface area is 291 Å². The molecule has 0 radical (unpaired) electrons. The lowest BCUT2D eigenvalue weighted by molar-refractivity contribution is 0.831. The van der Waals surface area contributed by atoms with Crippen molar-refractivity contribution < 1.29 is 0 Å². The zero-order valence-electron chi connectivity index (χ0n) is 27.3. The molecule has 2 aliphatic rings. The fraction of sp³-hybridized carbons (Fsp3) is 0.0426. The number of fused-ring (bicyclic) bond motifs is 3. The molecule has 3 heteroatoms. The van der Waals surface area contributed by atoms with Crippen LogP contribution < -0.4 is 9.80 Å². The number of para-hydroxylation sites is 3. The molecule has 0 aromatic heterocycles. The summed E-state index contributed by atoms with van der Waals surface area (Å²) in [7, 11) is 0. The van der Waals surface area contributed by atoms with Gasteiger partial charge in [-0.3, -0.25) is 0 Å². The number of anilines is 5. The highest BCUT2D eigenvalue weighted by Crippen LogP contribution is 2.50. The number of benzene rings is 8. The SMILES string of the molecule is N#Cc1ccc(N(c2ccccc2)c2ccc3ccc4c(C5=CCC6C(=C5)c5ccccc5N6c5ccccc5)ccc5ccc2c3c54)cc1. The second-order valence-electron chi connectivity index (χ2n) is 13.2. The average molecular weight is 638 g/mol. The first-order valence-electron chi connectivity index (χ1n) is 17.2. The van der Waals surface area contributed by atoms with Crippen LogP contribution in [0.2, 0.25) is 0 Å². The van der Waals surface area contributed by atoms with Gasteiger partial charge in [0.2, 0.25) is 0 Å². The summed E-state index contributed by atoms with van der Waals surface area (Å²) < 4.78 is 0. The molecule has 0 spiro atoms. The summed E-state index contributed by atoms with van der Waals surface area (Å²) in [6.07, 6.45) is 5.82. The van der Waals surface area contributed by atoms with Crippen molar-refractivity contribution in [2.45, 2.75) is 12.5 Å². The van der Waals surface area contributed by atoms with Crippen molar-refractivity contribution in [2.75, 3.05) is 9.80 Å². The molecule has 234 valence electrons. The van der Waals surface area contributed by atoms with E-state index in [0.717, 1.165) is 23.5 Å². The summed E-state index contributed by atoms with van der Waals surface area (Å²) in [6.45, 7) is 0. The molecule has 1 aliphatic heterocycles. The van der Waals surface area contributed by atoms with E-state index >= 15 is 0 Å². The quantitative estimate of drug-likeness (QED) is 0.176. The molecule has 0 saturated carbocycles. The monoisotopic (exact) mass is 637 g/mol. The topological polar surface area (TPSA) is 30.3 Å². The lowest BCUT2D eigenvalue weighted by Crippen LogP contribution is -2.27. The Balaban J connectivity index is 1.14. The minimum Gasteiger partial charge on any atom is -0.333 e. The predicted molar refractivity (Wildman–Crippen MR) is 209 cm³/mol. The van der Waals surface area contributed by atoms with E-state index in [4.69, 9.17) is 0 Å². The molecule has 8 aromatic carbocycles. The number of hydrogen-bond acceptors (Lipinski definition) is 3. The molecular formula is C47H31N3. The van der Waals surface area contributed by atoms with Gasteiger partial charge in [-0.15, -0.1) is 0 Å². The first-order chi connectivity index (χ1) is 24.8. The Morgan fingerprint density at radius 3 is 2.00 bits per heavy atom. The Morgan fingerprint density at radius 2 is 1.22 bits per heavy atom. The maximum atomic E-state index is 9.49. The lowest BCUT2D eigenvalue weighted by Gasteiger charge is -2.30. The number of rotatable bonds is 5. The van der Waals surface area contributed by atoms with Crippen LogP contribution in [-0.2, 0) is 0 Å². The van der Waals surface area contributed by atoms with E-state index in [1.807, 2.05) is 30.3 Å². The highest BCUT2D eigenvalue weighted by atomic mass is 15.2. The van der Waals surface area contributed by atoms with E-state index in [1.165, 1.54) is 66.0 Å². The van der Waals surface area contributed by atoms with E-state index in [0.29, 0.717) is 5.56 Å². The van der Waals surface area contributed by atoms with Crippen LogP contribution in [0.5, 0.6) is 0 Å². The van der Waals surface area contributed by atoms with Gasteiger partial charge in [0.1, 0.15) is 0 Å². The molecule has 8 aromatic rings. The van der Waals surface area contributed by atoms with Gasteiger partial charge in [0.15, 0.2) is 0 Å². The van der Waals surface area contributed by atoms with Crippen LogP contribution in [0.25, 0.3) is 43.5 Å². The van der Waals surface area contributed by atoms with Crippen molar-refractivity contribution in [2.24, 2.45) is 0 Å². The molecule has 0 fully saturated rings. The zero-order valence-corrected chi connectivity index (χ0v) is 27.3. The van der Waals surface area contributed by atoms with Gasteiger partial charge in [-0.05, 0) is 117 Å². The van der Waals surface area contributed by atoms with Gasteiger partial charge in [0.05, 0.1) is 23.4 Å². The fourth-order valence-electron chi connectivity index (χ4n) is 8.30. The summed E-state index contributed by atoms with van der Waals surface area (Å²) in [6, 6.07) is 58.8. The third kappa shape index (κ3) is 4.29. The summed E-state index contributed by atoms with van der Waals surface area (Å²) in [4.78, 5) is 4.81. The van der Waals surface area contributed by atoms with Crippen LogP contribution in [0.15, 0.2) is 170 Å². The third-order valence-electron chi connectivity index (χ3n) is 10.5. The Kier molecular flexibility index (Phi) is 6.37. The smallest absolute Gasteiger partial charge is 0.0991 e. The van der Waals surface area contributed by atoms with Gasteiger partial charge < -0.3 is 9.80 Å². The molecule has 3 nitrogen and oxygen atoms in total. The molecule has 0 N–H and O–H groups in total. The summed E-state index contributed by atoms with van der Waals surface area (Å²) in [5.74, 6) is 0. The van der Waals surface area contributed by atoms with E-state index < -0.39 is 0 Å². The lowest BCUT2D eigenvalue weighted by atomic mass is 9.85. The fourth-order valence-corrected chi connectivity index (χ4v) is 8.30. The van der Waals surface area contributed by atoms with Crippen LogP contribution in [-0.4, -0.2) is 6.04 Å². The standard InChI is InChI=1S/C47H31N3/c48-30-31-15-22-37(23-16-31)49(35-9-3-1-4-10-35)44-27-20-33-18-25-40-38(24-17-32-19-26-41(44)47(33)46(32)40)34-21-28-45-42(29-34)39-13-7-8-14-43(39)50(45)36-11-5-2-6-12-36/h1-27,29,45H,28H2.